The molecule has 2 heterocycles. The Morgan fingerprint density at radius 1 is 1.12 bits per heavy atom. The van der Waals surface area contributed by atoms with Gasteiger partial charge in [0.2, 0.25) is 0 Å². The summed E-state index contributed by atoms with van der Waals surface area (Å²) >= 11 is 0. The third kappa shape index (κ3) is 9.26. The number of aliphatic hydroxyl groups excluding tert-OH is 1. The molecule has 4 rings (SSSR count). The van der Waals surface area contributed by atoms with Gasteiger partial charge < -0.3 is 34.2 Å². The van der Waals surface area contributed by atoms with Crippen LogP contribution in [0.15, 0.2) is 57.9 Å². The Kier molecular flexibility index (Phi) is 12.5. The van der Waals surface area contributed by atoms with Crippen molar-refractivity contribution >= 4 is 33.3 Å². The van der Waals surface area contributed by atoms with E-state index in [-0.39, 0.29) is 65.3 Å². The third-order valence-corrected chi connectivity index (χ3v) is 9.99. The number of aliphatic hydroxyl groups is 1. The molecule has 1 aromatic heterocycles. The molecule has 1 aliphatic heterocycles. The van der Waals surface area contributed by atoms with Crippen molar-refractivity contribution < 1.29 is 37.1 Å². The maximum Gasteiger partial charge on any atom is 0.321 e. The van der Waals surface area contributed by atoms with Gasteiger partial charge in [-0.15, -0.1) is 0 Å². The van der Waals surface area contributed by atoms with E-state index in [1.807, 2.05) is 44.2 Å². The van der Waals surface area contributed by atoms with Crippen LogP contribution in [0.5, 0.6) is 5.75 Å². The van der Waals surface area contributed by atoms with Gasteiger partial charge in [0.05, 0.1) is 30.4 Å². The molecule has 1 aliphatic rings. The molecule has 0 saturated heterocycles. The summed E-state index contributed by atoms with van der Waals surface area (Å²) in [6, 6.07) is 12.8. The highest BCUT2D eigenvalue weighted by Crippen LogP contribution is 2.30. The second-order valence-electron chi connectivity index (χ2n) is 12.4. The average molecular weight is 686 g/mol. The van der Waals surface area contributed by atoms with Gasteiger partial charge in [-0.05, 0) is 77.3 Å². The van der Waals surface area contributed by atoms with E-state index in [2.05, 4.69) is 15.2 Å². The number of anilines is 2. The zero-order chi connectivity index (χ0) is 35.0. The SMILES string of the molecule is Cc1noc(C)c1S(=O)(=O)Nc1ccc2c(c1)C(=O)N([C@@H](C)CO)C[C@H](C)[C@@H](CN(C)C(=O)Nc1ccccc1)OCCCC[C@H](C)O2. The Labute approximate surface area is 282 Å². The number of hydrogen-bond acceptors (Lipinski definition) is 9. The molecule has 0 aliphatic carbocycles. The standard InChI is InChI=1S/C34H47N5O8S/c1-22-19-39(23(2)21-40)33(41)29-18-28(37-48(43,44)32-25(4)36-47-26(32)5)15-16-30(29)46-24(3)12-10-11-17-45-31(22)20-38(6)34(42)35-27-13-8-7-9-14-27/h7-9,13-16,18,22-24,31,37,40H,10-12,17,19-21H2,1-6H3,(H,35,42)/t22-,23-,24-,31+/m0/s1. The summed E-state index contributed by atoms with van der Waals surface area (Å²) < 4.78 is 46.8. The number of aromatic nitrogens is 1. The van der Waals surface area contributed by atoms with Crippen LogP contribution in [0.3, 0.4) is 0 Å². The second-order valence-corrected chi connectivity index (χ2v) is 14.1. The van der Waals surface area contributed by atoms with Crippen molar-refractivity contribution in [2.75, 3.05) is 43.4 Å². The first-order valence-electron chi connectivity index (χ1n) is 16.2. The lowest BCUT2D eigenvalue weighted by molar-refractivity contribution is -0.0115. The molecule has 0 unspecified atom stereocenters. The summed E-state index contributed by atoms with van der Waals surface area (Å²) in [5, 5.41) is 16.9. The van der Waals surface area contributed by atoms with E-state index >= 15 is 0 Å². The van der Waals surface area contributed by atoms with Gasteiger partial charge in [0, 0.05) is 44.0 Å². The normalized spacial score (nSPS) is 20.2. The van der Waals surface area contributed by atoms with Gasteiger partial charge in [-0.2, -0.15) is 0 Å². The highest BCUT2D eigenvalue weighted by Gasteiger charge is 2.32. The summed E-state index contributed by atoms with van der Waals surface area (Å²) in [5.41, 5.74) is 1.17. The van der Waals surface area contributed by atoms with Gasteiger partial charge in [-0.1, -0.05) is 30.3 Å². The monoisotopic (exact) mass is 685 g/mol. The molecule has 13 nitrogen and oxygen atoms in total. The van der Waals surface area contributed by atoms with E-state index in [0.717, 1.165) is 12.8 Å². The van der Waals surface area contributed by atoms with Crippen LogP contribution >= 0.6 is 0 Å². The van der Waals surface area contributed by atoms with Gasteiger partial charge >= 0.3 is 6.03 Å². The predicted octanol–water partition coefficient (Wildman–Crippen LogP) is 5.05. The van der Waals surface area contributed by atoms with E-state index < -0.39 is 28.1 Å². The number of nitrogens with one attached hydrogen (secondary N) is 2. The number of fused-ring (bicyclic) bond motifs is 1. The van der Waals surface area contributed by atoms with Crippen molar-refractivity contribution in [3.63, 3.8) is 0 Å². The lowest BCUT2D eigenvalue weighted by Gasteiger charge is -2.35. The fraction of sp³-hybridized carbons (Fsp3) is 0.500. The minimum Gasteiger partial charge on any atom is -0.490 e. The molecule has 0 radical (unpaired) electrons. The van der Waals surface area contributed by atoms with Gasteiger partial charge in [0.15, 0.2) is 10.7 Å². The predicted molar refractivity (Wildman–Crippen MR) is 182 cm³/mol. The van der Waals surface area contributed by atoms with Crippen LogP contribution in [-0.2, 0) is 14.8 Å². The Morgan fingerprint density at radius 2 is 1.85 bits per heavy atom. The van der Waals surface area contributed by atoms with Gasteiger partial charge in [0.1, 0.15) is 11.4 Å². The van der Waals surface area contributed by atoms with E-state index in [1.54, 1.807) is 31.0 Å². The maximum absolute atomic E-state index is 14.4. The van der Waals surface area contributed by atoms with Crippen LogP contribution in [0, 0.1) is 19.8 Å². The number of urea groups is 1. The van der Waals surface area contributed by atoms with E-state index in [4.69, 9.17) is 14.0 Å². The molecule has 3 amide bonds. The van der Waals surface area contributed by atoms with Crippen LogP contribution in [0.1, 0.15) is 61.8 Å². The molecule has 0 spiro atoms. The Morgan fingerprint density at radius 3 is 2.52 bits per heavy atom. The molecule has 0 fully saturated rings. The number of nitrogens with zero attached hydrogens (tertiary/aromatic N) is 3. The number of hydrogen-bond donors (Lipinski definition) is 3. The molecule has 4 atom stereocenters. The maximum atomic E-state index is 14.4. The minimum atomic E-state index is -4.09. The zero-order valence-electron chi connectivity index (χ0n) is 28.4. The minimum absolute atomic E-state index is 0.0726. The molecule has 48 heavy (non-hydrogen) atoms. The number of carbonyl (C=O) groups excluding carboxylic acids is 2. The number of likely N-dealkylation sites (N-methyl/N-ethyl adjacent to an activating group) is 1. The molecule has 262 valence electrons. The van der Waals surface area contributed by atoms with Crippen molar-refractivity contribution in [1.29, 1.82) is 0 Å². The molecule has 0 saturated carbocycles. The topological polar surface area (TPSA) is 164 Å². The molecular weight excluding hydrogens is 638 g/mol. The van der Waals surface area contributed by atoms with Crippen LogP contribution in [0.4, 0.5) is 16.2 Å². The fourth-order valence-corrected chi connectivity index (χ4v) is 6.99. The van der Waals surface area contributed by atoms with E-state index in [0.29, 0.717) is 24.5 Å². The molecule has 0 bridgehead atoms. The van der Waals surface area contributed by atoms with Gasteiger partial charge in [0.25, 0.3) is 15.9 Å². The van der Waals surface area contributed by atoms with E-state index in [9.17, 15) is 23.1 Å². The molecule has 3 aromatic rings. The lowest BCUT2D eigenvalue weighted by Crippen LogP contribution is -2.48. The number of para-hydroxylation sites is 1. The van der Waals surface area contributed by atoms with Gasteiger partial charge in [-0.25, -0.2) is 13.2 Å². The van der Waals surface area contributed by atoms with Crippen molar-refractivity contribution in [3.8, 4) is 5.75 Å². The lowest BCUT2D eigenvalue weighted by atomic mass is 10.0. The number of benzene rings is 2. The molecule has 3 N–H and O–H groups in total. The first-order chi connectivity index (χ1) is 22.8. The zero-order valence-corrected chi connectivity index (χ0v) is 29.2. The van der Waals surface area contributed by atoms with Crippen molar-refractivity contribution in [2.24, 2.45) is 5.92 Å². The Balaban J connectivity index is 1.64. The third-order valence-electron chi connectivity index (χ3n) is 8.37. The quantitative estimate of drug-likeness (QED) is 0.294. The van der Waals surface area contributed by atoms with Crippen molar-refractivity contribution in [3.05, 3.63) is 65.5 Å². The number of ether oxygens (including phenoxy) is 2. The van der Waals surface area contributed by atoms with Crippen LogP contribution in [-0.4, -0.2) is 92.0 Å². The van der Waals surface area contributed by atoms with Crippen molar-refractivity contribution in [2.45, 2.75) is 77.0 Å². The number of aryl methyl sites for hydroxylation is 2. The summed E-state index contributed by atoms with van der Waals surface area (Å²) in [6.07, 6.45) is 1.58. The number of sulfonamides is 1. The average Bonchev–Trinajstić information content (AvgIpc) is 3.40. The number of rotatable bonds is 8. The first kappa shape index (κ1) is 36.7. The highest BCUT2D eigenvalue weighted by molar-refractivity contribution is 7.92. The molecule has 14 heteroatoms. The van der Waals surface area contributed by atoms with E-state index in [1.165, 1.54) is 24.8 Å². The highest BCUT2D eigenvalue weighted by atomic mass is 32.2. The Hall–Kier alpha value is -4.14. The van der Waals surface area contributed by atoms with Crippen LogP contribution in [0.2, 0.25) is 0 Å². The molecular formula is C34H47N5O8S. The summed E-state index contributed by atoms with van der Waals surface area (Å²) in [4.78, 5) is 30.4. The second kappa shape index (κ2) is 16.3. The van der Waals surface area contributed by atoms with Crippen LogP contribution in [0.25, 0.3) is 0 Å². The smallest absolute Gasteiger partial charge is 0.321 e. The first-order valence-corrected chi connectivity index (χ1v) is 17.7. The van der Waals surface area contributed by atoms with Gasteiger partial charge in [-0.3, -0.25) is 9.52 Å². The van der Waals surface area contributed by atoms with Crippen molar-refractivity contribution in [1.82, 2.24) is 15.0 Å². The Bertz CT molecular complexity index is 1630. The number of amides is 3. The summed E-state index contributed by atoms with van der Waals surface area (Å²) in [6.45, 7) is 9.23. The summed E-state index contributed by atoms with van der Waals surface area (Å²) in [5.74, 6) is -0.265. The molecule has 2 aromatic carbocycles. The fourth-order valence-electron chi connectivity index (χ4n) is 5.61. The summed E-state index contributed by atoms with van der Waals surface area (Å²) in [7, 11) is -2.40. The largest absolute Gasteiger partial charge is 0.490 e. The van der Waals surface area contributed by atoms with Crippen LogP contribution < -0.4 is 14.8 Å². The number of carbonyl (C=O) groups is 2.